The van der Waals surface area contributed by atoms with Crippen LogP contribution in [0.25, 0.3) is 0 Å². The zero-order chi connectivity index (χ0) is 7.91. The zero-order valence-corrected chi connectivity index (χ0v) is 10.4. The minimum Gasteiger partial charge on any atom is -0.456 e. The summed E-state index contributed by atoms with van der Waals surface area (Å²) in [6.07, 6.45) is 0. The third kappa shape index (κ3) is 17.7. The Labute approximate surface area is 68.3 Å². The van der Waals surface area contributed by atoms with E-state index in [1.165, 1.54) is 0 Å². The first kappa shape index (κ1) is 12.5. The minimum atomic E-state index is -1.14. The Kier molecular flexibility index (Phi) is 9.64. The van der Waals surface area contributed by atoms with E-state index < -0.39 is 8.32 Å². The van der Waals surface area contributed by atoms with Crippen LogP contribution >= 0.6 is 0 Å². The van der Waals surface area contributed by atoms with Gasteiger partial charge < -0.3 is 4.12 Å². The molecule has 0 atom stereocenters. The molecule has 0 aromatic rings. The normalized spacial score (nSPS) is 10.0. The van der Waals surface area contributed by atoms with Crippen molar-refractivity contribution in [1.29, 1.82) is 0 Å². The Bertz CT molecular complexity index is 51.0. The van der Waals surface area contributed by atoms with E-state index >= 15 is 0 Å². The minimum absolute atomic E-state index is 0.671. The van der Waals surface area contributed by atoms with Gasteiger partial charge in [0.25, 0.3) is 0 Å². The molecule has 0 unspecified atom stereocenters. The second kappa shape index (κ2) is 6.94. The third-order valence-corrected chi connectivity index (χ3v) is 3.67. The summed E-state index contributed by atoms with van der Waals surface area (Å²) in [7, 11) is 5.08. The summed E-state index contributed by atoms with van der Waals surface area (Å²) >= 11 is 0. The Balaban J connectivity index is 0. The maximum atomic E-state index is 5.40. The lowest BCUT2D eigenvalue weighted by Crippen LogP contribution is -2.26. The molecule has 0 saturated carbocycles. The van der Waals surface area contributed by atoms with E-state index in [2.05, 4.69) is 45.7 Å². The van der Waals surface area contributed by atoms with Gasteiger partial charge in [-0.3, -0.25) is 0 Å². The summed E-state index contributed by atoms with van der Waals surface area (Å²) in [6, 6.07) is 0. The van der Waals surface area contributed by atoms with E-state index in [4.69, 9.17) is 4.12 Å². The van der Waals surface area contributed by atoms with Crippen LogP contribution in [0.5, 0.6) is 0 Å². The van der Waals surface area contributed by atoms with Crippen LogP contribution in [0.15, 0.2) is 0 Å². The molecule has 0 aliphatic heterocycles. The SMILES string of the molecule is C[Si]O[Si](C)(C)C.[Si][Si]. The summed E-state index contributed by atoms with van der Waals surface area (Å²) in [4.78, 5) is 0. The molecule has 5 heteroatoms. The Hall–Kier alpha value is 0.828. The first-order chi connectivity index (χ1) is 4.06. The van der Waals surface area contributed by atoms with E-state index in [1.807, 2.05) is 0 Å². The van der Waals surface area contributed by atoms with Gasteiger partial charge in [-0.2, -0.15) is 0 Å². The molecule has 0 saturated heterocycles. The molecule has 0 heterocycles. The van der Waals surface area contributed by atoms with E-state index in [-0.39, 0.29) is 0 Å². The molecule has 0 spiro atoms. The van der Waals surface area contributed by atoms with Gasteiger partial charge in [0.15, 0.2) is 8.32 Å². The second-order valence-electron chi connectivity index (χ2n) is 2.42. The van der Waals surface area contributed by atoms with E-state index in [0.29, 0.717) is 9.76 Å². The lowest BCUT2D eigenvalue weighted by molar-refractivity contribution is 0.603. The molecule has 1 nitrogen and oxygen atoms in total. The highest BCUT2D eigenvalue weighted by Crippen LogP contribution is 1.99. The van der Waals surface area contributed by atoms with Crippen LogP contribution in [0.2, 0.25) is 26.2 Å². The number of hydrogen-bond acceptors (Lipinski definition) is 1. The highest BCUT2D eigenvalue weighted by Gasteiger charge is 2.11. The number of hydrogen-bond donors (Lipinski definition) is 0. The summed E-state index contributed by atoms with van der Waals surface area (Å²) in [5, 5.41) is 0. The van der Waals surface area contributed by atoms with Crippen molar-refractivity contribution in [1.82, 2.24) is 0 Å². The molecule has 0 aliphatic rings. The van der Waals surface area contributed by atoms with Crippen molar-refractivity contribution >= 4 is 37.6 Å². The van der Waals surface area contributed by atoms with Gasteiger partial charge in [0, 0.05) is 19.5 Å². The van der Waals surface area contributed by atoms with Crippen LogP contribution in [0.3, 0.4) is 0 Å². The Morgan fingerprint density at radius 1 is 1.22 bits per heavy atom. The van der Waals surface area contributed by atoms with Crippen LogP contribution in [-0.4, -0.2) is 37.6 Å². The predicted molar refractivity (Wildman–Crippen MR) is 47.6 cm³/mol. The molecule has 0 aromatic carbocycles. The molecule has 0 aromatic heterocycles. The van der Waals surface area contributed by atoms with Crippen molar-refractivity contribution in [2.75, 3.05) is 0 Å². The molecule has 9 heavy (non-hydrogen) atoms. The molecule has 0 amide bonds. The Morgan fingerprint density at radius 3 is 1.56 bits per heavy atom. The smallest absolute Gasteiger partial charge is 0.211 e. The van der Waals surface area contributed by atoms with Gasteiger partial charge >= 0.3 is 0 Å². The summed E-state index contributed by atoms with van der Waals surface area (Å²) in [5.41, 5.74) is 0. The van der Waals surface area contributed by atoms with Crippen molar-refractivity contribution in [3.8, 4) is 0 Å². The van der Waals surface area contributed by atoms with Crippen molar-refractivity contribution in [3.63, 3.8) is 0 Å². The molecule has 0 N–H and O–H groups in total. The monoisotopic (exact) mass is 188 g/mol. The lowest BCUT2D eigenvalue weighted by atomic mass is 11.8. The zero-order valence-electron chi connectivity index (χ0n) is 6.41. The average molecular weight is 188 g/mol. The fourth-order valence-corrected chi connectivity index (χ4v) is 2.76. The standard InChI is InChI=1S/C4H12OSi2.Si2/c1-6-5-7(2,3)4;1-2/h1-4H3;. The van der Waals surface area contributed by atoms with E-state index in [1.54, 1.807) is 0 Å². The summed E-state index contributed by atoms with van der Waals surface area (Å²) in [6.45, 7) is 8.66. The predicted octanol–water partition coefficient (Wildman–Crippen LogP) is 0.744. The molecule has 8 radical (unpaired) electrons. The van der Waals surface area contributed by atoms with Gasteiger partial charge in [-0.1, -0.05) is 0 Å². The maximum absolute atomic E-state index is 5.40. The van der Waals surface area contributed by atoms with Crippen LogP contribution in [0.4, 0.5) is 0 Å². The topological polar surface area (TPSA) is 9.23 Å². The maximum Gasteiger partial charge on any atom is 0.211 e. The fourth-order valence-electron chi connectivity index (χ4n) is 0.306. The van der Waals surface area contributed by atoms with Gasteiger partial charge in [-0.05, 0) is 26.2 Å². The van der Waals surface area contributed by atoms with E-state index in [9.17, 15) is 0 Å². The molecular weight excluding hydrogens is 176 g/mol. The van der Waals surface area contributed by atoms with Crippen LogP contribution in [0, 0.1) is 0 Å². The molecule has 0 bridgehead atoms. The molecule has 0 aliphatic carbocycles. The quantitative estimate of drug-likeness (QED) is 0.581. The average Bonchev–Trinajstić information content (AvgIpc) is 1.69. The lowest BCUT2D eigenvalue weighted by Gasteiger charge is -2.14. The summed E-state index contributed by atoms with van der Waals surface area (Å²) < 4.78 is 5.40. The van der Waals surface area contributed by atoms with Crippen molar-refractivity contribution in [2.24, 2.45) is 0 Å². The first-order valence-electron chi connectivity index (χ1n) is 2.66. The van der Waals surface area contributed by atoms with Crippen LogP contribution in [0.1, 0.15) is 0 Å². The first-order valence-corrected chi connectivity index (χ1v) is 9.47. The van der Waals surface area contributed by atoms with Crippen molar-refractivity contribution in [3.05, 3.63) is 0 Å². The largest absolute Gasteiger partial charge is 0.456 e. The Morgan fingerprint density at radius 2 is 1.56 bits per heavy atom. The van der Waals surface area contributed by atoms with Gasteiger partial charge in [-0.15, -0.1) is 0 Å². The van der Waals surface area contributed by atoms with Gasteiger partial charge in [0.2, 0.25) is 9.76 Å². The van der Waals surface area contributed by atoms with E-state index in [0.717, 1.165) is 0 Å². The van der Waals surface area contributed by atoms with Crippen LogP contribution in [-0.2, 0) is 4.12 Å². The van der Waals surface area contributed by atoms with Gasteiger partial charge in [-0.25, -0.2) is 0 Å². The van der Waals surface area contributed by atoms with Crippen molar-refractivity contribution in [2.45, 2.75) is 26.2 Å². The van der Waals surface area contributed by atoms with Crippen LogP contribution < -0.4 is 0 Å². The molecular formula is C4H12OSi4. The highest BCUT2D eigenvalue weighted by atomic mass is 29.1. The van der Waals surface area contributed by atoms with Gasteiger partial charge in [0.1, 0.15) is 0 Å². The summed E-state index contributed by atoms with van der Waals surface area (Å²) in [5.74, 6) is 0. The molecule has 0 rings (SSSR count). The fraction of sp³-hybridized carbons (Fsp3) is 1.00. The highest BCUT2D eigenvalue weighted by molar-refractivity contribution is 6.75. The molecule has 0 fully saturated rings. The molecule has 50 valence electrons. The third-order valence-electron chi connectivity index (χ3n) is 0.408. The van der Waals surface area contributed by atoms with Crippen molar-refractivity contribution < 1.29 is 4.12 Å². The van der Waals surface area contributed by atoms with Gasteiger partial charge in [0.05, 0.1) is 0 Å². The second-order valence-corrected chi connectivity index (χ2v) is 7.87. The number of rotatable bonds is 2.